The van der Waals surface area contributed by atoms with E-state index in [4.69, 9.17) is 4.98 Å². The monoisotopic (exact) mass is 554 g/mol. The van der Waals surface area contributed by atoms with Gasteiger partial charge in [0.1, 0.15) is 28.8 Å². The van der Waals surface area contributed by atoms with Crippen molar-refractivity contribution in [2.24, 2.45) is 0 Å². The van der Waals surface area contributed by atoms with E-state index in [0.29, 0.717) is 16.8 Å². The van der Waals surface area contributed by atoms with Gasteiger partial charge in [-0.1, -0.05) is 0 Å². The van der Waals surface area contributed by atoms with E-state index < -0.39 is 0 Å². The quantitative estimate of drug-likeness (QED) is 0.328. The van der Waals surface area contributed by atoms with Gasteiger partial charge in [-0.25, -0.2) is 18.9 Å². The fourth-order valence-corrected chi connectivity index (χ4v) is 4.30. The normalized spacial score (nSPS) is 12.5. The number of nitrogens with one attached hydrogen (secondary N) is 1. The molecular formula is C30H35FN10. The van der Waals surface area contributed by atoms with Crippen LogP contribution in [0.2, 0.25) is 0 Å². The minimum absolute atomic E-state index is 0.263. The summed E-state index contributed by atoms with van der Waals surface area (Å²) in [6.45, 7) is 8.08. The van der Waals surface area contributed by atoms with Crippen LogP contribution < -0.4 is 10.2 Å². The number of pyridine rings is 2. The van der Waals surface area contributed by atoms with E-state index >= 15 is 0 Å². The molecule has 0 bridgehead atoms. The third kappa shape index (κ3) is 7.10. The van der Waals surface area contributed by atoms with E-state index in [-0.39, 0.29) is 11.9 Å². The largest absolute Gasteiger partial charge is 0.357 e. The highest BCUT2D eigenvalue weighted by Gasteiger charge is 2.18. The Morgan fingerprint density at radius 3 is 2.24 bits per heavy atom. The molecule has 1 saturated heterocycles. The lowest BCUT2D eigenvalue weighted by Gasteiger charge is -2.16. The van der Waals surface area contributed by atoms with Crippen molar-refractivity contribution in [3.8, 4) is 28.6 Å². The van der Waals surface area contributed by atoms with Crippen molar-refractivity contribution in [3.63, 3.8) is 0 Å². The topological polar surface area (TPSA) is 113 Å². The van der Waals surface area contributed by atoms with Crippen molar-refractivity contribution in [2.45, 2.75) is 39.7 Å². The van der Waals surface area contributed by atoms with Crippen LogP contribution >= 0.6 is 0 Å². The van der Waals surface area contributed by atoms with Crippen molar-refractivity contribution < 1.29 is 4.39 Å². The lowest BCUT2D eigenvalue weighted by atomic mass is 10.1. The molecule has 10 nitrogen and oxygen atoms in total. The summed E-state index contributed by atoms with van der Waals surface area (Å²) in [4.78, 5) is 15.6. The second kappa shape index (κ2) is 13.6. The third-order valence-corrected chi connectivity index (χ3v) is 6.37. The minimum atomic E-state index is -0.282. The summed E-state index contributed by atoms with van der Waals surface area (Å²) < 4.78 is 15.6. The van der Waals surface area contributed by atoms with Crippen LogP contribution in [0.4, 0.5) is 10.2 Å². The number of halogens is 1. The smallest absolute Gasteiger partial charge is 0.141 e. The molecule has 11 heteroatoms. The first-order valence-corrected chi connectivity index (χ1v) is 13.6. The van der Waals surface area contributed by atoms with Gasteiger partial charge in [-0.3, -0.25) is 9.67 Å². The van der Waals surface area contributed by atoms with E-state index in [1.165, 1.54) is 25.1 Å². The zero-order valence-electron chi connectivity index (χ0n) is 24.1. The van der Waals surface area contributed by atoms with Crippen LogP contribution in [0.15, 0.2) is 61.4 Å². The van der Waals surface area contributed by atoms with Crippen molar-refractivity contribution in [2.75, 3.05) is 32.1 Å². The van der Waals surface area contributed by atoms with Gasteiger partial charge in [0.25, 0.3) is 0 Å². The zero-order valence-corrected chi connectivity index (χ0v) is 24.1. The zero-order chi connectivity index (χ0) is 29.4. The Morgan fingerprint density at radius 2 is 1.68 bits per heavy atom. The van der Waals surface area contributed by atoms with Gasteiger partial charge in [0.05, 0.1) is 36.2 Å². The van der Waals surface area contributed by atoms with Crippen molar-refractivity contribution in [3.05, 3.63) is 78.5 Å². The van der Waals surface area contributed by atoms with Crippen molar-refractivity contribution >= 4 is 11.3 Å². The summed E-state index contributed by atoms with van der Waals surface area (Å²) in [5.74, 6) is 0.700. The summed E-state index contributed by atoms with van der Waals surface area (Å²) in [5.41, 5.74) is 5.23. The van der Waals surface area contributed by atoms with Crippen LogP contribution in [0.1, 0.15) is 44.0 Å². The molecule has 6 heterocycles. The van der Waals surface area contributed by atoms with Crippen LogP contribution in [0.3, 0.4) is 0 Å². The Morgan fingerprint density at radius 1 is 0.927 bits per heavy atom. The third-order valence-electron chi connectivity index (χ3n) is 6.37. The van der Waals surface area contributed by atoms with Gasteiger partial charge in [-0.2, -0.15) is 15.5 Å². The first kappa shape index (κ1) is 29.3. The average molecular weight is 555 g/mol. The van der Waals surface area contributed by atoms with Crippen molar-refractivity contribution in [1.29, 1.82) is 5.26 Å². The molecule has 5 aromatic rings. The number of fused-ring (bicyclic) bond motifs is 1. The lowest BCUT2D eigenvalue weighted by Crippen LogP contribution is -2.18. The molecule has 6 rings (SSSR count). The fraction of sp³-hybridized carbons (Fsp3) is 0.333. The van der Waals surface area contributed by atoms with Crippen LogP contribution in [0.5, 0.6) is 0 Å². The maximum absolute atomic E-state index is 12.0. The molecule has 1 aliphatic heterocycles. The summed E-state index contributed by atoms with van der Waals surface area (Å²) in [7, 11) is 3.75. The standard InChI is InChI=1S/C22H22N8.C6H6FN.C2H7N/c1-15(2)29-13-18(12-25-29)19-14-30-22(17(9-23)11-26-30)21(27-19)16-5-6-20(24-10-16)28-7-3-4-8-28;1-5-2-3-6(7)4-8-5;1-3-2/h5-6,10-15H,3-4,7-8H2,1-2H3;2-4H,1H3;3H,1-2H3. The summed E-state index contributed by atoms with van der Waals surface area (Å²) in [5, 5.41) is 21.1. The van der Waals surface area contributed by atoms with Crippen LogP contribution in [0, 0.1) is 24.1 Å². The van der Waals surface area contributed by atoms with Gasteiger partial charge in [-0.05, 0) is 72.0 Å². The molecule has 1 aliphatic rings. The molecule has 0 atom stereocenters. The molecule has 1 N–H and O–H groups in total. The Balaban J connectivity index is 0.000000298. The Labute approximate surface area is 239 Å². The number of aromatic nitrogens is 7. The Bertz CT molecular complexity index is 1570. The van der Waals surface area contributed by atoms with Crippen molar-refractivity contribution in [1.82, 2.24) is 39.7 Å². The predicted octanol–water partition coefficient (Wildman–Crippen LogP) is 5.07. The molecule has 0 saturated carbocycles. The number of aryl methyl sites for hydroxylation is 1. The minimum Gasteiger partial charge on any atom is -0.357 e. The van der Waals surface area contributed by atoms with E-state index in [2.05, 4.69) is 50.3 Å². The first-order chi connectivity index (χ1) is 19.8. The number of anilines is 1. The van der Waals surface area contributed by atoms with E-state index in [1.807, 2.05) is 56.4 Å². The van der Waals surface area contributed by atoms with E-state index in [0.717, 1.165) is 41.4 Å². The van der Waals surface area contributed by atoms with E-state index in [1.54, 1.807) is 23.0 Å². The summed E-state index contributed by atoms with van der Waals surface area (Å²) >= 11 is 0. The fourth-order valence-electron chi connectivity index (χ4n) is 4.30. The molecular weight excluding hydrogens is 519 g/mol. The summed E-state index contributed by atoms with van der Waals surface area (Å²) in [6.07, 6.45) is 12.7. The van der Waals surface area contributed by atoms with Gasteiger partial charge in [0.2, 0.25) is 0 Å². The first-order valence-electron chi connectivity index (χ1n) is 13.6. The Hall–Kier alpha value is -4.69. The molecule has 5 aromatic heterocycles. The summed E-state index contributed by atoms with van der Waals surface area (Å²) in [6, 6.07) is 9.57. The number of rotatable bonds is 4. The van der Waals surface area contributed by atoms with E-state index in [9.17, 15) is 9.65 Å². The maximum Gasteiger partial charge on any atom is 0.141 e. The molecule has 0 aliphatic carbocycles. The van der Waals surface area contributed by atoms with Gasteiger partial charge in [0, 0.05) is 48.3 Å². The lowest BCUT2D eigenvalue weighted by molar-refractivity contribution is 0.532. The van der Waals surface area contributed by atoms with Gasteiger partial charge in [0.15, 0.2) is 0 Å². The molecule has 0 spiro atoms. The van der Waals surface area contributed by atoms with Crippen LogP contribution in [-0.4, -0.2) is 61.5 Å². The molecule has 1 fully saturated rings. The molecule has 0 aromatic carbocycles. The van der Waals surface area contributed by atoms with Crippen LogP contribution in [-0.2, 0) is 0 Å². The SMILES string of the molecule is CC(C)n1cc(-c2cn3ncc(C#N)c3c(-c3ccc(N4CCCC4)nc3)n2)cn1.CNC.Cc1ccc(F)cn1. The Kier molecular flexibility index (Phi) is 9.71. The second-order valence-electron chi connectivity index (χ2n) is 9.96. The van der Waals surface area contributed by atoms with Gasteiger partial charge < -0.3 is 10.2 Å². The molecule has 41 heavy (non-hydrogen) atoms. The highest BCUT2D eigenvalue weighted by molar-refractivity contribution is 5.83. The van der Waals surface area contributed by atoms with Gasteiger partial charge >= 0.3 is 0 Å². The molecule has 212 valence electrons. The van der Waals surface area contributed by atoms with Crippen LogP contribution in [0.25, 0.3) is 28.0 Å². The number of nitrogens with zero attached hydrogens (tertiary/aromatic N) is 9. The average Bonchev–Trinajstić information content (AvgIpc) is 3.76. The predicted molar refractivity (Wildman–Crippen MR) is 158 cm³/mol. The maximum atomic E-state index is 12.0. The second-order valence-corrected chi connectivity index (χ2v) is 9.96. The molecule has 0 amide bonds. The highest BCUT2D eigenvalue weighted by atomic mass is 19.1. The number of hydrogen-bond donors (Lipinski definition) is 1. The van der Waals surface area contributed by atoms with Gasteiger partial charge in [-0.15, -0.1) is 0 Å². The number of nitriles is 1. The molecule has 0 unspecified atom stereocenters. The highest BCUT2D eigenvalue weighted by Crippen LogP contribution is 2.30. The number of hydrogen-bond acceptors (Lipinski definition) is 8. The molecule has 0 radical (unpaired) electrons.